The van der Waals surface area contributed by atoms with Crippen LogP contribution in [0.25, 0.3) is 10.2 Å². The van der Waals surface area contributed by atoms with E-state index in [1.807, 2.05) is 37.3 Å². The van der Waals surface area contributed by atoms with Crippen molar-refractivity contribution >= 4 is 27.5 Å². The molecular weight excluding hydrogens is 312 g/mol. The molecule has 0 aliphatic heterocycles. The number of aryl methyl sites for hydroxylation is 1. The fourth-order valence-electron chi connectivity index (χ4n) is 2.31. The first-order chi connectivity index (χ1) is 11.1. The van der Waals surface area contributed by atoms with E-state index in [4.69, 9.17) is 4.74 Å². The molecule has 0 saturated heterocycles. The van der Waals surface area contributed by atoms with Crippen LogP contribution >= 0.6 is 11.3 Å². The fourth-order valence-corrected chi connectivity index (χ4v) is 3.14. The molecule has 0 atom stereocenters. The third kappa shape index (κ3) is 3.65. The van der Waals surface area contributed by atoms with Crippen LogP contribution in [-0.4, -0.2) is 22.1 Å². The topological polar surface area (TPSA) is 61.2 Å². The van der Waals surface area contributed by atoms with Crippen molar-refractivity contribution in [3.8, 4) is 0 Å². The lowest BCUT2D eigenvalue weighted by Crippen LogP contribution is -2.25. The maximum Gasteiger partial charge on any atom is 0.326 e. The quantitative estimate of drug-likeness (QED) is 0.675. The summed E-state index contributed by atoms with van der Waals surface area (Å²) in [6.07, 6.45) is 2.06. The third-order valence-electron chi connectivity index (χ3n) is 3.44. The molecule has 0 spiro atoms. The summed E-state index contributed by atoms with van der Waals surface area (Å²) in [5.41, 5.74) is 0.897. The molecule has 0 unspecified atom stereocenters. The molecule has 0 aliphatic rings. The molecule has 3 rings (SSSR count). The van der Waals surface area contributed by atoms with E-state index in [1.165, 1.54) is 22.2 Å². The number of ether oxygens (including phenoxy) is 1. The number of aromatic nitrogens is 2. The third-order valence-corrected chi connectivity index (χ3v) is 4.40. The minimum atomic E-state index is -0.434. The highest BCUT2D eigenvalue weighted by Gasteiger charge is 2.10. The van der Waals surface area contributed by atoms with Gasteiger partial charge in [0.2, 0.25) is 0 Å². The summed E-state index contributed by atoms with van der Waals surface area (Å²) in [6, 6.07) is 11.6. The van der Waals surface area contributed by atoms with Crippen LogP contribution in [0.4, 0.5) is 0 Å². The zero-order valence-corrected chi connectivity index (χ0v) is 13.5. The molecule has 3 aromatic rings. The number of hydrogen-bond acceptors (Lipinski definition) is 5. The lowest BCUT2D eigenvalue weighted by Gasteiger charge is -2.06. The van der Waals surface area contributed by atoms with E-state index < -0.39 is 5.97 Å². The standard InChI is InChI=1S/C17H16N2O3S/c1-12-9-14-16(23-12)18-11-19(17(14)21)10-15(20)22-8-7-13-5-3-2-4-6-13/h2-6,9,11H,7-8,10H2,1H3. The van der Waals surface area contributed by atoms with Gasteiger partial charge in [0.05, 0.1) is 18.3 Å². The van der Waals surface area contributed by atoms with Crippen LogP contribution in [0, 0.1) is 6.92 Å². The number of thiophene rings is 1. The van der Waals surface area contributed by atoms with Crippen molar-refractivity contribution < 1.29 is 9.53 Å². The molecule has 1 aromatic carbocycles. The van der Waals surface area contributed by atoms with Crippen LogP contribution in [0.1, 0.15) is 10.4 Å². The molecule has 2 heterocycles. The lowest BCUT2D eigenvalue weighted by atomic mass is 10.2. The van der Waals surface area contributed by atoms with Crippen molar-refractivity contribution in [3.05, 3.63) is 63.5 Å². The Bertz CT molecular complexity index is 884. The minimum Gasteiger partial charge on any atom is -0.464 e. The predicted octanol–water partition coefficient (Wildman–Crippen LogP) is 2.55. The summed E-state index contributed by atoms with van der Waals surface area (Å²) >= 11 is 1.46. The summed E-state index contributed by atoms with van der Waals surface area (Å²) in [7, 11) is 0. The fraction of sp³-hybridized carbons (Fsp3) is 0.235. The maximum absolute atomic E-state index is 12.3. The Labute approximate surface area is 137 Å². The van der Waals surface area contributed by atoms with Gasteiger partial charge in [0.1, 0.15) is 11.4 Å². The van der Waals surface area contributed by atoms with E-state index in [2.05, 4.69) is 4.98 Å². The van der Waals surface area contributed by atoms with Crippen molar-refractivity contribution in [1.82, 2.24) is 9.55 Å². The second-order valence-electron chi connectivity index (χ2n) is 5.21. The van der Waals surface area contributed by atoms with Crippen LogP contribution in [-0.2, 0) is 22.5 Å². The molecule has 0 N–H and O–H groups in total. The Balaban J connectivity index is 1.61. The SMILES string of the molecule is Cc1cc2c(=O)n(CC(=O)OCCc3ccccc3)cnc2s1. The van der Waals surface area contributed by atoms with E-state index in [0.717, 1.165) is 10.4 Å². The summed E-state index contributed by atoms with van der Waals surface area (Å²) in [5.74, 6) is -0.434. The Kier molecular flexibility index (Phi) is 4.52. The van der Waals surface area contributed by atoms with Crippen molar-refractivity contribution in [2.45, 2.75) is 19.9 Å². The van der Waals surface area contributed by atoms with E-state index in [1.54, 1.807) is 6.07 Å². The molecule has 2 aromatic heterocycles. The normalized spacial score (nSPS) is 10.8. The number of esters is 1. The highest BCUT2D eigenvalue weighted by molar-refractivity contribution is 7.18. The molecule has 23 heavy (non-hydrogen) atoms. The van der Waals surface area contributed by atoms with Crippen molar-refractivity contribution in [2.24, 2.45) is 0 Å². The molecule has 0 bridgehead atoms. The molecule has 0 amide bonds. The molecule has 0 radical (unpaired) electrons. The summed E-state index contributed by atoms with van der Waals surface area (Å²) in [4.78, 5) is 30.1. The summed E-state index contributed by atoms with van der Waals surface area (Å²) in [6.45, 7) is 2.10. The van der Waals surface area contributed by atoms with Gasteiger partial charge in [0.15, 0.2) is 0 Å². The lowest BCUT2D eigenvalue weighted by molar-refractivity contribution is -0.144. The van der Waals surface area contributed by atoms with Gasteiger partial charge in [-0.25, -0.2) is 4.98 Å². The van der Waals surface area contributed by atoms with Gasteiger partial charge in [-0.15, -0.1) is 11.3 Å². The minimum absolute atomic E-state index is 0.120. The summed E-state index contributed by atoms with van der Waals surface area (Å²) < 4.78 is 6.49. The van der Waals surface area contributed by atoms with E-state index >= 15 is 0 Å². The number of carbonyl (C=O) groups excluding carboxylic acids is 1. The van der Waals surface area contributed by atoms with E-state index in [-0.39, 0.29) is 12.1 Å². The Morgan fingerprint density at radius 1 is 1.30 bits per heavy atom. The first kappa shape index (κ1) is 15.4. The smallest absolute Gasteiger partial charge is 0.326 e. The van der Waals surface area contributed by atoms with Crippen LogP contribution in [0.15, 0.2) is 47.5 Å². The van der Waals surface area contributed by atoms with E-state index in [0.29, 0.717) is 23.2 Å². The molecule has 0 saturated carbocycles. The molecule has 6 heteroatoms. The second-order valence-corrected chi connectivity index (χ2v) is 6.44. The molecular formula is C17H16N2O3S. The van der Waals surface area contributed by atoms with Gasteiger partial charge in [-0.3, -0.25) is 14.2 Å². The monoisotopic (exact) mass is 328 g/mol. The highest BCUT2D eigenvalue weighted by atomic mass is 32.1. The van der Waals surface area contributed by atoms with Crippen LogP contribution in [0.5, 0.6) is 0 Å². The number of rotatable bonds is 5. The number of benzene rings is 1. The molecule has 0 aliphatic carbocycles. The Morgan fingerprint density at radius 2 is 2.09 bits per heavy atom. The van der Waals surface area contributed by atoms with Gasteiger partial charge in [-0.05, 0) is 18.6 Å². The van der Waals surface area contributed by atoms with Crippen molar-refractivity contribution in [1.29, 1.82) is 0 Å². The zero-order valence-electron chi connectivity index (χ0n) is 12.7. The van der Waals surface area contributed by atoms with Gasteiger partial charge in [-0.2, -0.15) is 0 Å². The van der Waals surface area contributed by atoms with E-state index in [9.17, 15) is 9.59 Å². The van der Waals surface area contributed by atoms with Gasteiger partial charge in [0.25, 0.3) is 5.56 Å². The Hall–Kier alpha value is -2.47. The average molecular weight is 328 g/mol. The number of carbonyl (C=O) groups is 1. The van der Waals surface area contributed by atoms with Gasteiger partial charge in [0, 0.05) is 11.3 Å². The highest BCUT2D eigenvalue weighted by Crippen LogP contribution is 2.19. The number of hydrogen-bond donors (Lipinski definition) is 0. The molecule has 5 nitrogen and oxygen atoms in total. The maximum atomic E-state index is 12.3. The number of nitrogens with zero attached hydrogens (tertiary/aromatic N) is 2. The van der Waals surface area contributed by atoms with Gasteiger partial charge in [-0.1, -0.05) is 30.3 Å². The summed E-state index contributed by atoms with van der Waals surface area (Å²) in [5, 5.41) is 0.548. The average Bonchev–Trinajstić information content (AvgIpc) is 2.93. The zero-order chi connectivity index (χ0) is 16.2. The second kappa shape index (κ2) is 6.75. The van der Waals surface area contributed by atoms with Crippen LogP contribution in [0.3, 0.4) is 0 Å². The Morgan fingerprint density at radius 3 is 2.87 bits per heavy atom. The number of fused-ring (bicyclic) bond motifs is 1. The first-order valence-electron chi connectivity index (χ1n) is 7.28. The van der Waals surface area contributed by atoms with Crippen molar-refractivity contribution in [2.75, 3.05) is 6.61 Å². The predicted molar refractivity (Wildman–Crippen MR) is 89.7 cm³/mol. The van der Waals surface area contributed by atoms with Crippen molar-refractivity contribution in [3.63, 3.8) is 0 Å². The van der Waals surface area contributed by atoms with Gasteiger partial charge >= 0.3 is 5.97 Å². The van der Waals surface area contributed by atoms with Gasteiger partial charge < -0.3 is 4.74 Å². The van der Waals surface area contributed by atoms with Crippen LogP contribution < -0.4 is 5.56 Å². The first-order valence-corrected chi connectivity index (χ1v) is 8.10. The molecule has 0 fully saturated rings. The van der Waals surface area contributed by atoms with Crippen LogP contribution in [0.2, 0.25) is 0 Å². The largest absolute Gasteiger partial charge is 0.464 e. The molecule has 118 valence electrons.